The maximum absolute atomic E-state index is 11.9. The lowest BCUT2D eigenvalue weighted by atomic mass is 10.2. The highest BCUT2D eigenvalue weighted by molar-refractivity contribution is 6.01. The fraction of sp³-hybridized carbons (Fsp3) is 0.529. The average molecular weight is 321 g/mol. The van der Waals surface area contributed by atoms with Crippen molar-refractivity contribution in [3.05, 3.63) is 29.8 Å². The van der Waals surface area contributed by atoms with Crippen LogP contribution in [0.15, 0.2) is 24.3 Å². The summed E-state index contributed by atoms with van der Waals surface area (Å²) in [6.45, 7) is 8.39. The molecule has 0 aliphatic carbocycles. The van der Waals surface area contributed by atoms with Gasteiger partial charge in [-0.25, -0.2) is 4.79 Å². The molecule has 23 heavy (non-hydrogen) atoms. The van der Waals surface area contributed by atoms with Crippen LogP contribution >= 0.6 is 0 Å². The number of hydrogen-bond acceptors (Lipinski definition) is 5. The molecule has 0 saturated carbocycles. The molecule has 2 N–H and O–H groups in total. The van der Waals surface area contributed by atoms with Gasteiger partial charge in [0.1, 0.15) is 0 Å². The number of hydrogen-bond donors (Lipinski definition) is 2. The van der Waals surface area contributed by atoms with Gasteiger partial charge in [-0.15, -0.1) is 0 Å². The van der Waals surface area contributed by atoms with Gasteiger partial charge in [-0.2, -0.15) is 0 Å². The van der Waals surface area contributed by atoms with E-state index in [4.69, 9.17) is 4.74 Å². The largest absolute Gasteiger partial charge is 0.465 e. The molecule has 0 fully saturated rings. The van der Waals surface area contributed by atoms with Gasteiger partial charge in [-0.05, 0) is 44.7 Å². The highest BCUT2D eigenvalue weighted by Crippen LogP contribution is 2.15. The first-order valence-corrected chi connectivity index (χ1v) is 8.02. The van der Waals surface area contributed by atoms with E-state index < -0.39 is 5.97 Å². The quantitative estimate of drug-likeness (QED) is 0.507. The summed E-state index contributed by atoms with van der Waals surface area (Å²) in [6.07, 6.45) is 0.994. The number of para-hydroxylation sites is 1. The van der Waals surface area contributed by atoms with Gasteiger partial charge in [0.25, 0.3) is 0 Å². The third-order valence-electron chi connectivity index (χ3n) is 3.61. The zero-order valence-corrected chi connectivity index (χ0v) is 14.2. The Labute approximate surface area is 138 Å². The highest BCUT2D eigenvalue weighted by atomic mass is 16.5. The van der Waals surface area contributed by atoms with E-state index in [1.165, 1.54) is 7.11 Å². The normalized spacial score (nSPS) is 10.6. The second-order valence-electron chi connectivity index (χ2n) is 5.14. The summed E-state index contributed by atoms with van der Waals surface area (Å²) in [5.41, 5.74) is 0.819. The molecule has 0 aliphatic rings. The minimum absolute atomic E-state index is 0.177. The summed E-state index contributed by atoms with van der Waals surface area (Å²) in [5, 5.41) is 5.85. The number of nitrogens with one attached hydrogen (secondary N) is 2. The molecule has 1 amide bonds. The lowest BCUT2D eigenvalue weighted by Crippen LogP contribution is -2.31. The van der Waals surface area contributed by atoms with Crippen LogP contribution in [0.25, 0.3) is 0 Å². The SMILES string of the molecule is CCN(CC)CCCNCC(=O)Nc1ccccc1C(=O)OC. The van der Waals surface area contributed by atoms with Crippen LogP contribution in [0.2, 0.25) is 0 Å². The molecule has 1 aromatic carbocycles. The van der Waals surface area contributed by atoms with Crippen molar-refractivity contribution >= 4 is 17.6 Å². The van der Waals surface area contributed by atoms with Gasteiger partial charge in [0.2, 0.25) is 5.91 Å². The molecule has 0 unspecified atom stereocenters. The Morgan fingerprint density at radius 1 is 1.17 bits per heavy atom. The van der Waals surface area contributed by atoms with E-state index in [0.29, 0.717) is 11.3 Å². The Balaban J connectivity index is 2.36. The number of carbonyl (C=O) groups excluding carboxylic acids is 2. The van der Waals surface area contributed by atoms with Crippen LogP contribution in [0, 0.1) is 0 Å². The standard InChI is InChI=1S/C17H27N3O3/c1-4-20(5-2)12-8-11-18-13-16(21)19-15-10-7-6-9-14(15)17(22)23-3/h6-7,9-10,18H,4-5,8,11-13H2,1-3H3,(H,19,21). The third kappa shape index (κ3) is 6.80. The Hall–Kier alpha value is -1.92. The molecular formula is C17H27N3O3. The molecule has 0 bridgehead atoms. The summed E-state index contributed by atoms with van der Waals surface area (Å²) in [5.74, 6) is -0.641. The van der Waals surface area contributed by atoms with Crippen LogP contribution in [-0.4, -0.2) is 56.6 Å². The van der Waals surface area contributed by atoms with Crippen molar-refractivity contribution in [1.82, 2.24) is 10.2 Å². The second-order valence-corrected chi connectivity index (χ2v) is 5.14. The first kappa shape index (κ1) is 19.1. The Morgan fingerprint density at radius 3 is 2.52 bits per heavy atom. The van der Waals surface area contributed by atoms with Crippen molar-refractivity contribution in [2.24, 2.45) is 0 Å². The lowest BCUT2D eigenvalue weighted by Gasteiger charge is -2.17. The van der Waals surface area contributed by atoms with Crippen LogP contribution in [0.4, 0.5) is 5.69 Å². The van der Waals surface area contributed by atoms with E-state index in [0.717, 1.165) is 32.6 Å². The van der Waals surface area contributed by atoms with Crippen molar-refractivity contribution in [3.8, 4) is 0 Å². The fourth-order valence-corrected chi connectivity index (χ4v) is 2.24. The maximum Gasteiger partial charge on any atom is 0.339 e. The van der Waals surface area contributed by atoms with Gasteiger partial charge in [0, 0.05) is 0 Å². The molecule has 0 atom stereocenters. The van der Waals surface area contributed by atoms with Crippen LogP contribution in [0.1, 0.15) is 30.6 Å². The Bertz CT molecular complexity index is 502. The summed E-state index contributed by atoms with van der Waals surface area (Å²) >= 11 is 0. The average Bonchev–Trinajstić information content (AvgIpc) is 2.58. The van der Waals surface area contributed by atoms with Crippen molar-refractivity contribution in [2.75, 3.05) is 45.2 Å². The number of methoxy groups -OCH3 is 1. The van der Waals surface area contributed by atoms with Crippen LogP contribution < -0.4 is 10.6 Å². The Morgan fingerprint density at radius 2 is 1.87 bits per heavy atom. The minimum atomic E-state index is -0.465. The smallest absolute Gasteiger partial charge is 0.339 e. The molecule has 0 spiro atoms. The molecule has 0 aliphatic heterocycles. The predicted octanol–water partition coefficient (Wildman–Crippen LogP) is 1.73. The maximum atomic E-state index is 11.9. The number of nitrogens with zero attached hydrogens (tertiary/aromatic N) is 1. The third-order valence-corrected chi connectivity index (χ3v) is 3.61. The molecule has 1 aromatic rings. The number of amides is 1. The van der Waals surface area contributed by atoms with Crippen LogP contribution in [0.5, 0.6) is 0 Å². The van der Waals surface area contributed by atoms with E-state index in [1.807, 2.05) is 0 Å². The fourth-order valence-electron chi connectivity index (χ4n) is 2.24. The number of esters is 1. The molecule has 1 rings (SSSR count). The van der Waals surface area contributed by atoms with Gasteiger partial charge in [-0.3, -0.25) is 4.79 Å². The molecule has 6 nitrogen and oxygen atoms in total. The molecule has 6 heteroatoms. The van der Waals surface area contributed by atoms with Gasteiger partial charge in [-0.1, -0.05) is 26.0 Å². The van der Waals surface area contributed by atoms with Gasteiger partial charge < -0.3 is 20.3 Å². The van der Waals surface area contributed by atoms with Crippen molar-refractivity contribution < 1.29 is 14.3 Å². The van der Waals surface area contributed by atoms with Crippen LogP contribution in [-0.2, 0) is 9.53 Å². The van der Waals surface area contributed by atoms with E-state index >= 15 is 0 Å². The topological polar surface area (TPSA) is 70.7 Å². The second kappa shape index (κ2) is 10.7. The zero-order chi connectivity index (χ0) is 17.1. The predicted molar refractivity (Wildman–Crippen MR) is 91.7 cm³/mol. The zero-order valence-electron chi connectivity index (χ0n) is 14.2. The van der Waals surface area contributed by atoms with E-state index in [2.05, 4.69) is 29.4 Å². The molecule has 0 saturated heterocycles. The minimum Gasteiger partial charge on any atom is -0.465 e. The van der Waals surface area contributed by atoms with E-state index in [1.54, 1.807) is 24.3 Å². The molecule has 0 radical (unpaired) electrons. The van der Waals surface area contributed by atoms with Crippen LogP contribution in [0.3, 0.4) is 0 Å². The summed E-state index contributed by atoms with van der Waals surface area (Å²) in [4.78, 5) is 25.9. The first-order valence-electron chi connectivity index (χ1n) is 8.02. The molecule has 0 heterocycles. The number of carbonyl (C=O) groups is 2. The van der Waals surface area contributed by atoms with Gasteiger partial charge in [0.15, 0.2) is 0 Å². The molecule has 128 valence electrons. The van der Waals surface area contributed by atoms with E-state index in [9.17, 15) is 9.59 Å². The van der Waals surface area contributed by atoms with Crippen molar-refractivity contribution in [2.45, 2.75) is 20.3 Å². The molecule has 0 aromatic heterocycles. The van der Waals surface area contributed by atoms with Crippen molar-refractivity contribution in [1.29, 1.82) is 0 Å². The molecular weight excluding hydrogens is 294 g/mol. The summed E-state index contributed by atoms with van der Waals surface area (Å²) in [6, 6.07) is 6.80. The summed E-state index contributed by atoms with van der Waals surface area (Å²) in [7, 11) is 1.32. The number of rotatable bonds is 10. The number of anilines is 1. The van der Waals surface area contributed by atoms with Gasteiger partial charge in [0.05, 0.1) is 24.9 Å². The Kier molecular flexibility index (Phi) is 8.94. The number of ether oxygens (including phenoxy) is 1. The van der Waals surface area contributed by atoms with E-state index in [-0.39, 0.29) is 12.5 Å². The number of benzene rings is 1. The van der Waals surface area contributed by atoms with Crippen molar-refractivity contribution in [3.63, 3.8) is 0 Å². The monoisotopic (exact) mass is 321 g/mol. The first-order chi connectivity index (χ1) is 11.1. The summed E-state index contributed by atoms with van der Waals surface area (Å²) < 4.78 is 4.70. The highest BCUT2D eigenvalue weighted by Gasteiger charge is 2.12. The lowest BCUT2D eigenvalue weighted by molar-refractivity contribution is -0.115. The van der Waals surface area contributed by atoms with Gasteiger partial charge >= 0.3 is 5.97 Å².